The van der Waals surface area contributed by atoms with Gasteiger partial charge >= 0.3 is 0 Å². The minimum absolute atomic E-state index is 0.0734. The molecule has 2 rings (SSSR count). The van der Waals surface area contributed by atoms with Crippen molar-refractivity contribution < 1.29 is 13.6 Å². The first-order valence-electron chi connectivity index (χ1n) is 7.25. The minimum Gasteiger partial charge on any atom is -0.336 e. The number of carbonyl (C=O) groups excluding carboxylic acids is 1. The molecule has 1 amide bonds. The van der Waals surface area contributed by atoms with Crippen molar-refractivity contribution in [3.63, 3.8) is 0 Å². The van der Waals surface area contributed by atoms with E-state index in [1.54, 1.807) is 4.90 Å². The van der Waals surface area contributed by atoms with Crippen molar-refractivity contribution in [3.05, 3.63) is 35.4 Å². The van der Waals surface area contributed by atoms with Crippen LogP contribution in [0, 0.1) is 11.6 Å². The molecule has 1 aromatic rings. The highest BCUT2D eigenvalue weighted by Crippen LogP contribution is 2.15. The van der Waals surface area contributed by atoms with Gasteiger partial charge in [-0.3, -0.25) is 9.69 Å². The van der Waals surface area contributed by atoms with Gasteiger partial charge in [0, 0.05) is 44.8 Å². The first kappa shape index (κ1) is 15.9. The molecular weight excluding hydrogens is 276 g/mol. The quantitative estimate of drug-likeness (QED) is 0.915. The fourth-order valence-electron chi connectivity index (χ4n) is 2.70. The van der Waals surface area contributed by atoms with E-state index in [4.69, 9.17) is 5.73 Å². The summed E-state index contributed by atoms with van der Waals surface area (Å²) in [5, 5.41) is 0. The van der Waals surface area contributed by atoms with Crippen LogP contribution in [0.15, 0.2) is 18.2 Å². The van der Waals surface area contributed by atoms with E-state index in [2.05, 4.69) is 11.8 Å². The van der Waals surface area contributed by atoms with E-state index in [0.717, 1.165) is 31.6 Å². The normalized spacial score (nSPS) is 17.8. The zero-order valence-electron chi connectivity index (χ0n) is 12.2. The minimum atomic E-state index is -0.809. The lowest BCUT2D eigenvalue weighted by atomic mass is 10.1. The number of carbonyl (C=O) groups is 1. The molecule has 21 heavy (non-hydrogen) atoms. The second-order valence-corrected chi connectivity index (χ2v) is 5.25. The number of nitrogens with zero attached hydrogens (tertiary/aromatic N) is 2. The molecule has 1 heterocycles. The van der Waals surface area contributed by atoms with Gasteiger partial charge in [-0.25, -0.2) is 8.78 Å². The highest BCUT2D eigenvalue weighted by atomic mass is 19.1. The van der Waals surface area contributed by atoms with E-state index in [1.807, 2.05) is 0 Å². The highest BCUT2D eigenvalue weighted by molar-refractivity contribution is 5.94. The highest BCUT2D eigenvalue weighted by Gasteiger charge is 2.26. The third-order valence-corrected chi connectivity index (χ3v) is 4.02. The number of benzene rings is 1. The van der Waals surface area contributed by atoms with E-state index in [-0.39, 0.29) is 11.5 Å². The smallest absolute Gasteiger partial charge is 0.256 e. The molecule has 6 heteroatoms. The van der Waals surface area contributed by atoms with Crippen LogP contribution in [0.1, 0.15) is 23.7 Å². The predicted molar refractivity (Wildman–Crippen MR) is 77.0 cm³/mol. The van der Waals surface area contributed by atoms with Gasteiger partial charge in [-0.05, 0) is 18.6 Å². The Bertz CT molecular complexity index is 498. The first-order valence-corrected chi connectivity index (χ1v) is 7.25. The van der Waals surface area contributed by atoms with Crippen molar-refractivity contribution in [2.45, 2.75) is 19.4 Å². The van der Waals surface area contributed by atoms with E-state index in [0.29, 0.717) is 25.7 Å². The summed E-state index contributed by atoms with van der Waals surface area (Å²) in [5.74, 6) is -1.87. The molecule has 1 aliphatic heterocycles. The van der Waals surface area contributed by atoms with Gasteiger partial charge in [-0.15, -0.1) is 0 Å². The van der Waals surface area contributed by atoms with Gasteiger partial charge in [-0.1, -0.05) is 6.92 Å². The van der Waals surface area contributed by atoms with E-state index < -0.39 is 11.6 Å². The van der Waals surface area contributed by atoms with Crippen LogP contribution in [-0.4, -0.2) is 54.5 Å². The zero-order chi connectivity index (χ0) is 15.4. The third-order valence-electron chi connectivity index (χ3n) is 4.02. The molecule has 0 radical (unpaired) electrons. The average Bonchev–Trinajstić information content (AvgIpc) is 2.48. The third kappa shape index (κ3) is 3.57. The largest absolute Gasteiger partial charge is 0.336 e. The van der Waals surface area contributed by atoms with Gasteiger partial charge in [0.05, 0.1) is 5.56 Å². The van der Waals surface area contributed by atoms with Crippen molar-refractivity contribution in [2.75, 3.05) is 32.7 Å². The number of piperazine rings is 1. The van der Waals surface area contributed by atoms with Crippen LogP contribution < -0.4 is 5.73 Å². The van der Waals surface area contributed by atoms with Gasteiger partial charge in [0.1, 0.15) is 11.6 Å². The summed E-state index contributed by atoms with van der Waals surface area (Å²) in [6.45, 7) is 5.20. The van der Waals surface area contributed by atoms with Crippen LogP contribution in [0.5, 0.6) is 0 Å². The predicted octanol–water partition coefficient (Wildman–Crippen LogP) is 1.46. The molecule has 1 aliphatic rings. The summed E-state index contributed by atoms with van der Waals surface area (Å²) in [6, 6.07) is 3.37. The van der Waals surface area contributed by atoms with Gasteiger partial charge < -0.3 is 10.6 Å². The summed E-state index contributed by atoms with van der Waals surface area (Å²) < 4.78 is 26.5. The second kappa shape index (κ2) is 6.95. The Morgan fingerprint density at radius 1 is 1.29 bits per heavy atom. The Labute approximate surface area is 123 Å². The molecule has 4 nitrogen and oxygen atoms in total. The van der Waals surface area contributed by atoms with E-state index in [9.17, 15) is 13.6 Å². The van der Waals surface area contributed by atoms with Crippen LogP contribution >= 0.6 is 0 Å². The number of halogens is 2. The Balaban J connectivity index is 2.00. The summed E-state index contributed by atoms with van der Waals surface area (Å²) in [7, 11) is 0. The summed E-state index contributed by atoms with van der Waals surface area (Å²) in [5.41, 5.74) is 5.65. The number of hydrogen-bond acceptors (Lipinski definition) is 3. The maximum atomic E-state index is 13.7. The van der Waals surface area contributed by atoms with Crippen LogP contribution in [-0.2, 0) is 0 Å². The molecule has 1 unspecified atom stereocenters. The van der Waals surface area contributed by atoms with Gasteiger partial charge in [-0.2, -0.15) is 0 Å². The molecule has 0 aromatic heterocycles. The maximum Gasteiger partial charge on any atom is 0.256 e. The van der Waals surface area contributed by atoms with Gasteiger partial charge in [0.25, 0.3) is 5.91 Å². The lowest BCUT2D eigenvalue weighted by molar-refractivity contribution is 0.0567. The van der Waals surface area contributed by atoms with Gasteiger partial charge in [0.15, 0.2) is 0 Å². The zero-order valence-corrected chi connectivity index (χ0v) is 12.2. The van der Waals surface area contributed by atoms with Crippen molar-refractivity contribution >= 4 is 5.91 Å². The molecule has 116 valence electrons. The SMILES string of the molecule is CCC(CN)N1CCN(C(=O)c2ccc(F)cc2F)CC1. The number of rotatable bonds is 4. The Kier molecular flexibility index (Phi) is 5.25. The van der Waals surface area contributed by atoms with Crippen molar-refractivity contribution in [2.24, 2.45) is 5.73 Å². The topological polar surface area (TPSA) is 49.6 Å². The molecule has 1 atom stereocenters. The summed E-state index contributed by atoms with van der Waals surface area (Å²) in [6.07, 6.45) is 0.969. The second-order valence-electron chi connectivity index (χ2n) is 5.25. The molecule has 0 aliphatic carbocycles. The summed E-state index contributed by atoms with van der Waals surface area (Å²) in [4.78, 5) is 16.1. The van der Waals surface area contributed by atoms with E-state index in [1.165, 1.54) is 6.07 Å². The lowest BCUT2D eigenvalue weighted by Crippen LogP contribution is -2.53. The molecule has 0 saturated carbocycles. The van der Waals surface area contributed by atoms with Gasteiger partial charge in [0.2, 0.25) is 0 Å². The molecular formula is C15H21F2N3O. The van der Waals surface area contributed by atoms with E-state index >= 15 is 0 Å². The fourth-order valence-corrected chi connectivity index (χ4v) is 2.70. The standard InChI is InChI=1S/C15H21F2N3O/c1-2-12(10-18)19-5-7-20(8-6-19)15(21)13-4-3-11(16)9-14(13)17/h3-4,9,12H,2,5-8,10,18H2,1H3. The molecule has 1 aromatic carbocycles. The molecule has 0 bridgehead atoms. The summed E-state index contributed by atoms with van der Waals surface area (Å²) >= 11 is 0. The van der Waals surface area contributed by atoms with Crippen LogP contribution in [0.25, 0.3) is 0 Å². The molecule has 0 spiro atoms. The maximum absolute atomic E-state index is 13.7. The van der Waals surface area contributed by atoms with Crippen LogP contribution in [0.4, 0.5) is 8.78 Å². The Morgan fingerprint density at radius 3 is 2.48 bits per heavy atom. The molecule has 2 N–H and O–H groups in total. The Hall–Kier alpha value is -1.53. The first-order chi connectivity index (χ1) is 10.1. The fraction of sp³-hybridized carbons (Fsp3) is 0.533. The number of nitrogens with two attached hydrogens (primary N) is 1. The number of amides is 1. The molecule has 1 saturated heterocycles. The van der Waals surface area contributed by atoms with Crippen molar-refractivity contribution in [1.82, 2.24) is 9.80 Å². The van der Waals surface area contributed by atoms with Crippen LogP contribution in [0.2, 0.25) is 0 Å². The monoisotopic (exact) mass is 297 g/mol. The average molecular weight is 297 g/mol. The van der Waals surface area contributed by atoms with Crippen molar-refractivity contribution in [3.8, 4) is 0 Å². The number of hydrogen-bond donors (Lipinski definition) is 1. The van der Waals surface area contributed by atoms with Crippen LogP contribution in [0.3, 0.4) is 0 Å². The lowest BCUT2D eigenvalue weighted by Gasteiger charge is -2.38. The Morgan fingerprint density at radius 2 is 1.95 bits per heavy atom. The van der Waals surface area contributed by atoms with Crippen molar-refractivity contribution in [1.29, 1.82) is 0 Å². The molecule has 1 fully saturated rings.